The monoisotopic (exact) mass is 296 g/mol. The number of nitrogens with one attached hydrogen (secondary N) is 2. The first-order valence-electron chi connectivity index (χ1n) is 7.38. The van der Waals surface area contributed by atoms with Crippen LogP contribution in [0.1, 0.15) is 39.5 Å². The van der Waals surface area contributed by atoms with Gasteiger partial charge < -0.3 is 5.32 Å². The van der Waals surface area contributed by atoms with Crippen molar-refractivity contribution in [1.29, 1.82) is 0 Å². The number of sulfonamides is 1. The Labute approximate surface area is 122 Å². The van der Waals surface area contributed by atoms with Crippen LogP contribution in [-0.2, 0) is 10.0 Å². The number of para-hydroxylation sites is 1. The standard InChI is InChI=1S/C15H24N2O2S/c1-3-16-20(18,19)15-7-5-4-6-14(15)17-13-10-8-12(2)9-11-13/h4-7,12-13,16-17H,3,8-11H2,1-2H3. The molecule has 1 fully saturated rings. The fourth-order valence-corrected chi connectivity index (χ4v) is 3.92. The lowest BCUT2D eigenvalue weighted by molar-refractivity contribution is 0.361. The average Bonchev–Trinajstić information content (AvgIpc) is 2.42. The van der Waals surface area contributed by atoms with Gasteiger partial charge >= 0.3 is 0 Å². The van der Waals surface area contributed by atoms with E-state index in [1.165, 1.54) is 12.8 Å². The summed E-state index contributed by atoms with van der Waals surface area (Å²) < 4.78 is 26.9. The van der Waals surface area contributed by atoms with Gasteiger partial charge in [0.15, 0.2) is 0 Å². The maximum Gasteiger partial charge on any atom is 0.242 e. The largest absolute Gasteiger partial charge is 0.381 e. The molecule has 0 spiro atoms. The molecule has 4 nitrogen and oxygen atoms in total. The van der Waals surface area contributed by atoms with Crippen LogP contribution >= 0.6 is 0 Å². The van der Waals surface area contributed by atoms with Gasteiger partial charge in [0.05, 0.1) is 5.69 Å². The lowest BCUT2D eigenvalue weighted by atomic mass is 9.87. The first-order chi connectivity index (χ1) is 9.53. The summed E-state index contributed by atoms with van der Waals surface area (Å²) in [6.07, 6.45) is 4.63. The van der Waals surface area contributed by atoms with E-state index in [2.05, 4.69) is 17.0 Å². The molecule has 0 unspecified atom stereocenters. The van der Waals surface area contributed by atoms with Crippen LogP contribution in [0, 0.1) is 5.92 Å². The van der Waals surface area contributed by atoms with Crippen LogP contribution < -0.4 is 10.0 Å². The Bertz CT molecular complexity index is 535. The van der Waals surface area contributed by atoms with Crippen molar-refractivity contribution in [2.24, 2.45) is 5.92 Å². The zero-order chi connectivity index (χ0) is 14.6. The minimum absolute atomic E-state index is 0.348. The molecule has 1 aromatic rings. The molecule has 0 saturated heterocycles. The van der Waals surface area contributed by atoms with Crippen molar-refractivity contribution in [1.82, 2.24) is 4.72 Å². The third-order valence-corrected chi connectivity index (χ3v) is 5.49. The lowest BCUT2D eigenvalue weighted by Gasteiger charge is -2.28. The highest BCUT2D eigenvalue weighted by molar-refractivity contribution is 7.89. The predicted molar refractivity (Wildman–Crippen MR) is 82.3 cm³/mol. The number of benzene rings is 1. The van der Waals surface area contributed by atoms with Gasteiger partial charge in [0.2, 0.25) is 10.0 Å². The number of rotatable bonds is 5. The van der Waals surface area contributed by atoms with Crippen molar-refractivity contribution in [3.05, 3.63) is 24.3 Å². The van der Waals surface area contributed by atoms with Gasteiger partial charge in [-0.2, -0.15) is 0 Å². The second-order valence-electron chi connectivity index (χ2n) is 5.60. The molecular formula is C15H24N2O2S. The van der Waals surface area contributed by atoms with Crippen LogP contribution in [0.4, 0.5) is 5.69 Å². The summed E-state index contributed by atoms with van der Waals surface area (Å²) in [5.74, 6) is 0.786. The Morgan fingerprint density at radius 2 is 1.80 bits per heavy atom. The summed E-state index contributed by atoms with van der Waals surface area (Å²) in [5.41, 5.74) is 0.716. The van der Waals surface area contributed by atoms with E-state index >= 15 is 0 Å². The van der Waals surface area contributed by atoms with Gasteiger partial charge in [0, 0.05) is 12.6 Å². The third kappa shape index (κ3) is 3.73. The fourth-order valence-electron chi connectivity index (χ4n) is 2.71. The molecule has 1 aliphatic rings. The van der Waals surface area contributed by atoms with Crippen LogP contribution in [0.5, 0.6) is 0 Å². The Hall–Kier alpha value is -1.07. The van der Waals surface area contributed by atoms with Gasteiger partial charge in [0.1, 0.15) is 4.90 Å². The minimum Gasteiger partial charge on any atom is -0.381 e. The summed E-state index contributed by atoms with van der Waals surface area (Å²) in [4.78, 5) is 0.348. The highest BCUT2D eigenvalue weighted by atomic mass is 32.2. The van der Waals surface area contributed by atoms with Crippen molar-refractivity contribution in [3.63, 3.8) is 0 Å². The van der Waals surface area contributed by atoms with Crippen molar-refractivity contribution in [2.75, 3.05) is 11.9 Å². The molecule has 0 aromatic heterocycles. The Morgan fingerprint density at radius 1 is 1.15 bits per heavy atom. The van der Waals surface area contributed by atoms with Crippen LogP contribution in [0.3, 0.4) is 0 Å². The number of anilines is 1. The van der Waals surface area contributed by atoms with Crippen LogP contribution in [-0.4, -0.2) is 21.0 Å². The molecule has 2 rings (SSSR count). The molecule has 0 heterocycles. The highest BCUT2D eigenvalue weighted by Gasteiger charge is 2.22. The molecule has 112 valence electrons. The van der Waals surface area contributed by atoms with Gasteiger partial charge in [-0.3, -0.25) is 0 Å². The average molecular weight is 296 g/mol. The van der Waals surface area contributed by atoms with E-state index < -0.39 is 10.0 Å². The van der Waals surface area contributed by atoms with E-state index in [9.17, 15) is 8.42 Å². The molecule has 0 radical (unpaired) electrons. The van der Waals surface area contributed by atoms with E-state index in [0.29, 0.717) is 23.2 Å². The van der Waals surface area contributed by atoms with Gasteiger partial charge in [-0.1, -0.05) is 26.0 Å². The minimum atomic E-state index is -3.42. The predicted octanol–water partition coefficient (Wildman–Crippen LogP) is 2.98. The SMILES string of the molecule is CCNS(=O)(=O)c1ccccc1NC1CCC(C)CC1. The van der Waals surface area contributed by atoms with E-state index in [0.717, 1.165) is 18.8 Å². The third-order valence-electron chi connectivity index (χ3n) is 3.89. The van der Waals surface area contributed by atoms with Crippen molar-refractivity contribution >= 4 is 15.7 Å². The summed E-state index contributed by atoms with van der Waals surface area (Å²) in [6, 6.07) is 7.52. The van der Waals surface area contributed by atoms with E-state index in [1.54, 1.807) is 19.1 Å². The fraction of sp³-hybridized carbons (Fsp3) is 0.600. The summed E-state index contributed by atoms with van der Waals surface area (Å²) >= 11 is 0. The summed E-state index contributed by atoms with van der Waals surface area (Å²) in [7, 11) is -3.42. The van der Waals surface area contributed by atoms with E-state index in [1.807, 2.05) is 12.1 Å². The molecule has 20 heavy (non-hydrogen) atoms. The van der Waals surface area contributed by atoms with Gasteiger partial charge in [0.25, 0.3) is 0 Å². The topological polar surface area (TPSA) is 58.2 Å². The second-order valence-corrected chi connectivity index (χ2v) is 7.33. The van der Waals surface area contributed by atoms with Crippen LogP contribution in [0.2, 0.25) is 0 Å². The summed E-state index contributed by atoms with van der Waals surface area (Å²) in [6.45, 7) is 4.47. The molecule has 0 aliphatic heterocycles. The molecule has 0 bridgehead atoms. The smallest absolute Gasteiger partial charge is 0.242 e. The van der Waals surface area contributed by atoms with Crippen LogP contribution in [0.25, 0.3) is 0 Å². The lowest BCUT2D eigenvalue weighted by Crippen LogP contribution is -2.28. The number of hydrogen-bond acceptors (Lipinski definition) is 3. The highest BCUT2D eigenvalue weighted by Crippen LogP contribution is 2.28. The molecule has 0 atom stereocenters. The maximum absolute atomic E-state index is 12.2. The Kier molecular flexibility index (Phi) is 5.05. The van der Waals surface area contributed by atoms with Crippen LogP contribution in [0.15, 0.2) is 29.2 Å². The molecular weight excluding hydrogens is 272 g/mol. The van der Waals surface area contributed by atoms with Gasteiger partial charge in [-0.25, -0.2) is 13.1 Å². The second kappa shape index (κ2) is 6.59. The zero-order valence-electron chi connectivity index (χ0n) is 12.2. The molecule has 1 saturated carbocycles. The Morgan fingerprint density at radius 3 is 2.45 bits per heavy atom. The Balaban J connectivity index is 2.16. The van der Waals surface area contributed by atoms with E-state index in [-0.39, 0.29) is 0 Å². The zero-order valence-corrected chi connectivity index (χ0v) is 13.0. The van der Waals surface area contributed by atoms with Crippen molar-refractivity contribution in [2.45, 2.75) is 50.5 Å². The van der Waals surface area contributed by atoms with Crippen molar-refractivity contribution < 1.29 is 8.42 Å². The molecule has 5 heteroatoms. The first kappa shape index (κ1) is 15.3. The first-order valence-corrected chi connectivity index (χ1v) is 8.86. The molecule has 0 amide bonds. The van der Waals surface area contributed by atoms with Crippen molar-refractivity contribution in [3.8, 4) is 0 Å². The molecule has 1 aromatic carbocycles. The molecule has 1 aliphatic carbocycles. The van der Waals surface area contributed by atoms with E-state index in [4.69, 9.17) is 0 Å². The van der Waals surface area contributed by atoms with Gasteiger partial charge in [-0.05, 0) is 43.7 Å². The maximum atomic E-state index is 12.2. The van der Waals surface area contributed by atoms with Gasteiger partial charge in [-0.15, -0.1) is 0 Å². The summed E-state index contributed by atoms with van der Waals surface area (Å²) in [5, 5.41) is 3.42. The quantitative estimate of drug-likeness (QED) is 0.878. The number of hydrogen-bond donors (Lipinski definition) is 2. The normalized spacial score (nSPS) is 23.5. The molecule has 2 N–H and O–H groups in total.